The van der Waals surface area contributed by atoms with Crippen molar-refractivity contribution in [2.75, 3.05) is 0 Å². The molecular formula is C23H21F2N3O. The molecule has 0 N–H and O–H groups in total. The molecule has 0 radical (unpaired) electrons. The monoisotopic (exact) mass is 393 g/mol. The Hall–Kier alpha value is -2.89. The first-order valence-electron chi connectivity index (χ1n) is 9.81. The molecule has 0 bridgehead atoms. The van der Waals surface area contributed by atoms with Gasteiger partial charge in [0.2, 0.25) is 0 Å². The van der Waals surface area contributed by atoms with E-state index in [-0.39, 0.29) is 11.3 Å². The molecule has 0 aliphatic heterocycles. The lowest BCUT2D eigenvalue weighted by atomic mass is 9.83. The molecule has 3 aromatic rings. The van der Waals surface area contributed by atoms with E-state index in [0.717, 1.165) is 29.1 Å². The summed E-state index contributed by atoms with van der Waals surface area (Å²) >= 11 is 0. The third-order valence-corrected chi connectivity index (χ3v) is 6.30. The van der Waals surface area contributed by atoms with Gasteiger partial charge in [-0.05, 0) is 67.9 Å². The van der Waals surface area contributed by atoms with Crippen LogP contribution < -0.4 is 4.74 Å². The zero-order valence-corrected chi connectivity index (χ0v) is 16.5. The molecule has 1 aromatic carbocycles. The SMILES string of the molecule is Cc1cc(O[C@@]2(C)CC3C(C)[C@@H]3c3cc(-c4c(F)cccc4F)nnc32)ccn1. The Kier molecular flexibility index (Phi) is 3.95. The highest BCUT2D eigenvalue weighted by atomic mass is 19.1. The summed E-state index contributed by atoms with van der Waals surface area (Å²) in [5.74, 6) is 0.705. The van der Waals surface area contributed by atoms with Crippen LogP contribution in [0.25, 0.3) is 11.3 Å². The van der Waals surface area contributed by atoms with Gasteiger partial charge in [-0.3, -0.25) is 4.98 Å². The molecule has 2 unspecified atom stereocenters. The lowest BCUT2D eigenvalue weighted by Gasteiger charge is -2.34. The van der Waals surface area contributed by atoms with E-state index in [0.29, 0.717) is 17.8 Å². The number of rotatable bonds is 3. The Bertz CT molecular complexity index is 1100. The average molecular weight is 393 g/mol. The maximum Gasteiger partial charge on any atom is 0.150 e. The van der Waals surface area contributed by atoms with Crippen molar-refractivity contribution in [3.8, 4) is 17.0 Å². The third kappa shape index (κ3) is 2.89. The smallest absolute Gasteiger partial charge is 0.150 e. The summed E-state index contributed by atoms with van der Waals surface area (Å²) in [6, 6.07) is 9.34. The zero-order chi connectivity index (χ0) is 20.3. The molecule has 0 spiro atoms. The molecule has 6 heteroatoms. The summed E-state index contributed by atoms with van der Waals surface area (Å²) in [4.78, 5) is 4.22. The van der Waals surface area contributed by atoms with Gasteiger partial charge in [-0.25, -0.2) is 8.78 Å². The van der Waals surface area contributed by atoms with Crippen LogP contribution >= 0.6 is 0 Å². The predicted octanol–water partition coefficient (Wildman–Crippen LogP) is 5.17. The summed E-state index contributed by atoms with van der Waals surface area (Å²) < 4.78 is 35.0. The summed E-state index contributed by atoms with van der Waals surface area (Å²) in [6.45, 7) is 6.13. The topological polar surface area (TPSA) is 47.9 Å². The summed E-state index contributed by atoms with van der Waals surface area (Å²) in [5, 5.41) is 8.63. The summed E-state index contributed by atoms with van der Waals surface area (Å²) in [5.41, 5.74) is 2.03. The van der Waals surface area contributed by atoms with Crippen LogP contribution in [-0.4, -0.2) is 15.2 Å². The maximum absolute atomic E-state index is 14.3. The first-order valence-corrected chi connectivity index (χ1v) is 9.81. The number of pyridine rings is 1. The van der Waals surface area contributed by atoms with Crippen LogP contribution in [0.1, 0.15) is 43.1 Å². The van der Waals surface area contributed by atoms with Gasteiger partial charge in [0, 0.05) is 18.0 Å². The van der Waals surface area contributed by atoms with Crippen molar-refractivity contribution in [2.24, 2.45) is 11.8 Å². The van der Waals surface area contributed by atoms with E-state index in [9.17, 15) is 8.78 Å². The molecule has 2 aliphatic rings. The van der Waals surface area contributed by atoms with Crippen molar-refractivity contribution >= 4 is 0 Å². The molecule has 4 atom stereocenters. The van der Waals surface area contributed by atoms with Crippen molar-refractivity contribution in [3.63, 3.8) is 0 Å². The Balaban J connectivity index is 1.60. The van der Waals surface area contributed by atoms with Crippen molar-refractivity contribution < 1.29 is 13.5 Å². The number of fused-ring (bicyclic) bond motifs is 3. The number of aromatic nitrogens is 3. The highest BCUT2D eigenvalue weighted by Gasteiger charge is 2.58. The van der Waals surface area contributed by atoms with E-state index >= 15 is 0 Å². The molecule has 1 saturated carbocycles. The standard InChI is InChI=1S/C23H21F2N3O/c1-12-9-14(7-8-26-12)29-23(3)11-16-13(2)20(16)15-10-19(27-28-22(15)23)21-17(24)5-4-6-18(21)25/h4-10,13,16,20H,11H2,1-3H3/t13?,16?,20-,23+/m1/s1. The van der Waals surface area contributed by atoms with Crippen LogP contribution in [0.5, 0.6) is 5.75 Å². The Labute approximate surface area is 168 Å². The molecule has 5 rings (SSSR count). The van der Waals surface area contributed by atoms with E-state index in [1.54, 1.807) is 12.3 Å². The highest BCUT2D eigenvalue weighted by molar-refractivity contribution is 5.62. The minimum atomic E-state index is -0.658. The van der Waals surface area contributed by atoms with Crippen LogP contribution in [0.15, 0.2) is 42.6 Å². The molecule has 29 heavy (non-hydrogen) atoms. The third-order valence-electron chi connectivity index (χ3n) is 6.30. The molecule has 0 amide bonds. The molecule has 2 heterocycles. The summed E-state index contributed by atoms with van der Waals surface area (Å²) in [7, 11) is 0. The van der Waals surface area contributed by atoms with E-state index in [2.05, 4.69) is 22.1 Å². The Morgan fingerprint density at radius 3 is 2.59 bits per heavy atom. The molecule has 1 fully saturated rings. The molecule has 2 aromatic heterocycles. The number of nitrogens with zero attached hydrogens (tertiary/aromatic N) is 3. The second kappa shape index (κ2) is 6.31. The van der Waals surface area contributed by atoms with Gasteiger partial charge in [-0.15, -0.1) is 5.10 Å². The number of benzene rings is 1. The van der Waals surface area contributed by atoms with E-state index in [1.165, 1.54) is 18.2 Å². The minimum absolute atomic E-state index is 0.134. The zero-order valence-electron chi connectivity index (χ0n) is 16.5. The quantitative estimate of drug-likeness (QED) is 0.616. The predicted molar refractivity (Wildman–Crippen MR) is 104 cm³/mol. The Morgan fingerprint density at radius 1 is 1.10 bits per heavy atom. The number of ether oxygens (including phenoxy) is 1. The first kappa shape index (κ1) is 18.2. The van der Waals surface area contributed by atoms with Crippen LogP contribution in [0.2, 0.25) is 0 Å². The van der Waals surface area contributed by atoms with Gasteiger partial charge < -0.3 is 4.74 Å². The van der Waals surface area contributed by atoms with Gasteiger partial charge in [-0.2, -0.15) is 5.10 Å². The van der Waals surface area contributed by atoms with Gasteiger partial charge in [0.05, 0.1) is 11.3 Å². The number of aryl methyl sites for hydroxylation is 1. The van der Waals surface area contributed by atoms with E-state index in [1.807, 2.05) is 26.0 Å². The van der Waals surface area contributed by atoms with Gasteiger partial charge in [0.1, 0.15) is 23.1 Å². The van der Waals surface area contributed by atoms with Crippen LogP contribution in [0.3, 0.4) is 0 Å². The largest absolute Gasteiger partial charge is 0.481 e. The van der Waals surface area contributed by atoms with Gasteiger partial charge in [0.15, 0.2) is 5.60 Å². The highest BCUT2D eigenvalue weighted by Crippen LogP contribution is 2.63. The average Bonchev–Trinajstić information content (AvgIpc) is 3.30. The number of halogens is 2. The first-order chi connectivity index (χ1) is 13.9. The fraction of sp³-hybridized carbons (Fsp3) is 0.348. The number of hydrogen-bond donors (Lipinski definition) is 0. The van der Waals surface area contributed by atoms with Crippen LogP contribution in [0.4, 0.5) is 8.78 Å². The normalized spacial score (nSPS) is 27.1. The molecule has 0 saturated heterocycles. The summed E-state index contributed by atoms with van der Waals surface area (Å²) in [6.07, 6.45) is 2.55. The van der Waals surface area contributed by atoms with Crippen molar-refractivity contribution in [2.45, 2.75) is 38.7 Å². The lowest BCUT2D eigenvalue weighted by molar-refractivity contribution is 0.0570. The maximum atomic E-state index is 14.3. The Morgan fingerprint density at radius 2 is 1.86 bits per heavy atom. The second-order valence-electron chi connectivity index (χ2n) is 8.35. The molecule has 2 aliphatic carbocycles. The van der Waals surface area contributed by atoms with E-state index < -0.39 is 17.2 Å². The van der Waals surface area contributed by atoms with Gasteiger partial charge >= 0.3 is 0 Å². The van der Waals surface area contributed by atoms with Gasteiger partial charge in [-0.1, -0.05) is 13.0 Å². The van der Waals surface area contributed by atoms with Crippen LogP contribution in [0, 0.1) is 30.4 Å². The van der Waals surface area contributed by atoms with E-state index in [4.69, 9.17) is 4.74 Å². The minimum Gasteiger partial charge on any atom is -0.481 e. The fourth-order valence-electron chi connectivity index (χ4n) is 4.79. The lowest BCUT2D eigenvalue weighted by Crippen LogP contribution is -2.35. The molecule has 148 valence electrons. The second-order valence-corrected chi connectivity index (χ2v) is 8.35. The number of hydrogen-bond acceptors (Lipinski definition) is 4. The van der Waals surface area contributed by atoms with Crippen LogP contribution in [-0.2, 0) is 5.60 Å². The van der Waals surface area contributed by atoms with Crippen molar-refractivity contribution in [3.05, 3.63) is 71.2 Å². The molecule has 4 nitrogen and oxygen atoms in total. The van der Waals surface area contributed by atoms with Crippen molar-refractivity contribution in [1.29, 1.82) is 0 Å². The fourth-order valence-corrected chi connectivity index (χ4v) is 4.79. The molecular weight excluding hydrogens is 372 g/mol. The van der Waals surface area contributed by atoms with Crippen molar-refractivity contribution in [1.82, 2.24) is 15.2 Å². The van der Waals surface area contributed by atoms with Gasteiger partial charge in [0.25, 0.3) is 0 Å².